The van der Waals surface area contributed by atoms with E-state index in [1.54, 1.807) is 0 Å². The van der Waals surface area contributed by atoms with E-state index in [0.717, 1.165) is 17.7 Å². The second-order valence-electron chi connectivity index (χ2n) is 5.02. The Morgan fingerprint density at radius 2 is 2.05 bits per heavy atom. The van der Waals surface area contributed by atoms with E-state index in [9.17, 15) is 0 Å². The summed E-state index contributed by atoms with van der Waals surface area (Å²) in [6.45, 7) is 3.31. The first-order valence-electron chi connectivity index (χ1n) is 6.64. The summed E-state index contributed by atoms with van der Waals surface area (Å²) in [5, 5.41) is 8.70. The zero-order valence-electron chi connectivity index (χ0n) is 11.2. The Labute approximate surface area is 122 Å². The Morgan fingerprint density at radius 1 is 1.25 bits per heavy atom. The maximum Gasteiger partial charge on any atom is 0.179 e. The fourth-order valence-corrected chi connectivity index (χ4v) is 2.65. The maximum absolute atomic E-state index is 6.29. The number of halogens is 1. The number of amidine groups is 1. The molecule has 2 N–H and O–H groups in total. The molecule has 1 atom stereocenters. The summed E-state index contributed by atoms with van der Waals surface area (Å²) < 4.78 is 11.3. The molecule has 2 aliphatic heterocycles. The molecule has 0 saturated carbocycles. The topological polar surface area (TPSA) is 69.2 Å². The molecule has 2 heterocycles. The second-order valence-corrected chi connectivity index (χ2v) is 5.42. The zero-order valence-corrected chi connectivity index (χ0v) is 12.0. The van der Waals surface area contributed by atoms with Gasteiger partial charge in [-0.3, -0.25) is 0 Å². The Kier molecular flexibility index (Phi) is 3.53. The van der Waals surface area contributed by atoms with Crippen LogP contribution in [0.5, 0.6) is 11.5 Å². The van der Waals surface area contributed by atoms with Gasteiger partial charge >= 0.3 is 0 Å². The fraction of sp³-hybridized carbons (Fsp3) is 0.429. The summed E-state index contributed by atoms with van der Waals surface area (Å²) in [5.41, 5.74) is 7.48. The number of nitrogens with two attached hydrogens (primary N) is 1. The van der Waals surface area contributed by atoms with Gasteiger partial charge in [0.05, 0.1) is 23.9 Å². The van der Waals surface area contributed by atoms with E-state index >= 15 is 0 Å². The highest BCUT2D eigenvalue weighted by atomic mass is 35.5. The van der Waals surface area contributed by atoms with Crippen molar-refractivity contribution in [2.24, 2.45) is 21.9 Å². The summed E-state index contributed by atoms with van der Waals surface area (Å²) >= 11 is 6.29. The fourth-order valence-electron chi connectivity index (χ4n) is 2.39. The summed E-state index contributed by atoms with van der Waals surface area (Å²) in [7, 11) is 0. The quantitative estimate of drug-likeness (QED) is 0.865. The Bertz CT molecular complexity index is 598. The first-order valence-corrected chi connectivity index (χ1v) is 7.02. The summed E-state index contributed by atoms with van der Waals surface area (Å²) in [5.74, 6) is 2.04. The number of fused-ring (bicyclic) bond motifs is 1. The summed E-state index contributed by atoms with van der Waals surface area (Å²) in [6, 6.07) is 3.76. The molecule has 2 aliphatic rings. The van der Waals surface area contributed by atoms with Crippen LogP contribution < -0.4 is 15.2 Å². The molecule has 0 aliphatic carbocycles. The smallest absolute Gasteiger partial charge is 0.179 e. The summed E-state index contributed by atoms with van der Waals surface area (Å²) in [4.78, 5) is 0. The van der Waals surface area contributed by atoms with Crippen molar-refractivity contribution in [1.82, 2.24) is 0 Å². The minimum atomic E-state index is 0.202. The molecule has 0 saturated heterocycles. The molecule has 0 fully saturated rings. The third-order valence-corrected chi connectivity index (χ3v) is 3.65. The number of ether oxygens (including phenoxy) is 2. The molecule has 1 aromatic carbocycles. The van der Waals surface area contributed by atoms with Gasteiger partial charge in [0.25, 0.3) is 0 Å². The first-order chi connectivity index (χ1) is 9.65. The molecule has 20 heavy (non-hydrogen) atoms. The lowest BCUT2D eigenvalue weighted by Crippen LogP contribution is -2.25. The van der Waals surface area contributed by atoms with E-state index in [2.05, 4.69) is 17.1 Å². The van der Waals surface area contributed by atoms with Crippen LogP contribution in [0.2, 0.25) is 5.02 Å². The number of benzene rings is 1. The van der Waals surface area contributed by atoms with Crippen LogP contribution in [0.4, 0.5) is 0 Å². The second kappa shape index (κ2) is 5.32. The van der Waals surface area contributed by atoms with Crippen molar-refractivity contribution in [3.63, 3.8) is 0 Å². The Morgan fingerprint density at radius 3 is 2.85 bits per heavy atom. The van der Waals surface area contributed by atoms with Gasteiger partial charge in [-0.15, -0.1) is 5.10 Å². The highest BCUT2D eigenvalue weighted by Gasteiger charge is 2.22. The minimum absolute atomic E-state index is 0.202. The van der Waals surface area contributed by atoms with Crippen LogP contribution in [0.1, 0.15) is 25.3 Å². The monoisotopic (exact) mass is 293 g/mol. The van der Waals surface area contributed by atoms with Crippen molar-refractivity contribution < 1.29 is 9.47 Å². The van der Waals surface area contributed by atoms with E-state index in [0.29, 0.717) is 42.0 Å². The molecule has 0 spiro atoms. The van der Waals surface area contributed by atoms with Gasteiger partial charge in [0, 0.05) is 24.3 Å². The number of nitrogens with zero attached hydrogens (tertiary/aromatic N) is 2. The highest BCUT2D eigenvalue weighted by molar-refractivity contribution is 6.32. The lowest BCUT2D eigenvalue weighted by atomic mass is 9.94. The van der Waals surface area contributed by atoms with Crippen LogP contribution in [-0.2, 0) is 0 Å². The van der Waals surface area contributed by atoms with E-state index in [-0.39, 0.29) is 5.92 Å². The van der Waals surface area contributed by atoms with Gasteiger partial charge in [-0.05, 0) is 12.1 Å². The average molecular weight is 294 g/mol. The normalized spacial score (nSPS) is 21.8. The summed E-state index contributed by atoms with van der Waals surface area (Å²) in [6.07, 6.45) is 1.55. The van der Waals surface area contributed by atoms with Gasteiger partial charge in [0.15, 0.2) is 11.5 Å². The van der Waals surface area contributed by atoms with Gasteiger partial charge in [0.1, 0.15) is 5.84 Å². The molecule has 3 rings (SSSR count). The molecular weight excluding hydrogens is 278 g/mol. The molecule has 0 radical (unpaired) electrons. The lowest BCUT2D eigenvalue weighted by molar-refractivity contribution is 0.297. The molecule has 106 valence electrons. The number of hydrogen-bond acceptors (Lipinski definition) is 5. The minimum Gasteiger partial charge on any atom is -0.489 e. The molecule has 5 nitrogen and oxygen atoms in total. The number of hydrogen-bond donors (Lipinski definition) is 1. The van der Waals surface area contributed by atoms with Gasteiger partial charge in [-0.25, -0.2) is 0 Å². The number of rotatable bonds is 1. The standard InChI is InChI=1S/C14H16ClN3O2/c1-8-5-12(16)17-18-13(8)9-6-10(15)14-11(7-9)19-3-2-4-20-14/h6-8H,2-5H2,1H3,(H2,16,17). The predicted molar refractivity (Wildman–Crippen MR) is 79.0 cm³/mol. The molecule has 0 aromatic heterocycles. The molecular formula is C14H16ClN3O2. The van der Waals surface area contributed by atoms with Gasteiger partial charge in [-0.1, -0.05) is 18.5 Å². The van der Waals surface area contributed by atoms with E-state index < -0.39 is 0 Å². The van der Waals surface area contributed by atoms with Crippen molar-refractivity contribution >= 4 is 23.1 Å². The van der Waals surface area contributed by atoms with E-state index in [1.807, 2.05) is 12.1 Å². The van der Waals surface area contributed by atoms with Crippen molar-refractivity contribution in [3.05, 3.63) is 22.7 Å². The van der Waals surface area contributed by atoms with Crippen LogP contribution in [0.15, 0.2) is 22.3 Å². The lowest BCUT2D eigenvalue weighted by Gasteiger charge is -2.19. The molecule has 1 aromatic rings. The molecule has 0 bridgehead atoms. The zero-order chi connectivity index (χ0) is 14.1. The molecule has 6 heteroatoms. The average Bonchev–Trinajstić information content (AvgIpc) is 2.64. The third kappa shape index (κ3) is 2.45. The van der Waals surface area contributed by atoms with E-state index in [4.69, 9.17) is 26.8 Å². The highest BCUT2D eigenvalue weighted by Crippen LogP contribution is 2.38. The van der Waals surface area contributed by atoms with Crippen molar-refractivity contribution in [2.75, 3.05) is 13.2 Å². The van der Waals surface area contributed by atoms with Crippen LogP contribution in [0.3, 0.4) is 0 Å². The van der Waals surface area contributed by atoms with E-state index in [1.165, 1.54) is 0 Å². The largest absolute Gasteiger partial charge is 0.489 e. The Balaban J connectivity index is 2.03. The van der Waals surface area contributed by atoms with Gasteiger partial charge < -0.3 is 15.2 Å². The van der Waals surface area contributed by atoms with Gasteiger partial charge in [0.2, 0.25) is 0 Å². The molecule has 0 amide bonds. The van der Waals surface area contributed by atoms with Crippen molar-refractivity contribution in [3.8, 4) is 11.5 Å². The third-order valence-electron chi connectivity index (χ3n) is 3.37. The van der Waals surface area contributed by atoms with Crippen LogP contribution >= 0.6 is 11.6 Å². The maximum atomic E-state index is 6.29. The van der Waals surface area contributed by atoms with Crippen molar-refractivity contribution in [1.29, 1.82) is 0 Å². The Hall–Kier alpha value is -1.75. The van der Waals surface area contributed by atoms with Gasteiger partial charge in [-0.2, -0.15) is 5.10 Å². The SMILES string of the molecule is CC1CC(N)=NN=C1c1cc(Cl)c2c(c1)OCCCO2. The van der Waals surface area contributed by atoms with Crippen LogP contribution in [-0.4, -0.2) is 24.8 Å². The predicted octanol–water partition coefficient (Wildman–Crippen LogP) is 2.60. The first kappa shape index (κ1) is 13.2. The van der Waals surface area contributed by atoms with Crippen LogP contribution in [0, 0.1) is 5.92 Å². The van der Waals surface area contributed by atoms with Crippen molar-refractivity contribution in [2.45, 2.75) is 19.8 Å². The van der Waals surface area contributed by atoms with Crippen LogP contribution in [0.25, 0.3) is 0 Å². The molecule has 1 unspecified atom stereocenters.